The van der Waals surface area contributed by atoms with Gasteiger partial charge in [-0.25, -0.2) is 0 Å². The second kappa shape index (κ2) is 8.34. The zero-order chi connectivity index (χ0) is 13.4. The highest BCUT2D eigenvalue weighted by atomic mass is 33.1. The van der Waals surface area contributed by atoms with Crippen molar-refractivity contribution in [1.82, 2.24) is 0 Å². The lowest BCUT2D eigenvalue weighted by Gasteiger charge is -2.34. The van der Waals surface area contributed by atoms with E-state index >= 15 is 0 Å². The second-order valence-corrected chi connectivity index (χ2v) is 7.94. The summed E-state index contributed by atoms with van der Waals surface area (Å²) in [6.45, 7) is 9.76. The Kier molecular flexibility index (Phi) is 8.45. The molecule has 0 aliphatic carbocycles. The van der Waals surface area contributed by atoms with Crippen LogP contribution in [0.25, 0.3) is 0 Å². The van der Waals surface area contributed by atoms with E-state index in [2.05, 4.69) is 33.6 Å². The fourth-order valence-electron chi connectivity index (χ4n) is 1.62. The van der Waals surface area contributed by atoms with Crippen molar-refractivity contribution in [3.05, 3.63) is 0 Å². The first-order valence-electron chi connectivity index (χ1n) is 6.22. The van der Waals surface area contributed by atoms with Crippen molar-refractivity contribution in [2.45, 2.75) is 51.7 Å². The first-order valence-corrected chi connectivity index (χ1v) is 8.54. The van der Waals surface area contributed by atoms with Crippen LogP contribution in [0.4, 0.5) is 0 Å². The smallest absolute Gasteiger partial charge is 0.0561 e. The van der Waals surface area contributed by atoms with Gasteiger partial charge in [0.25, 0.3) is 0 Å². The van der Waals surface area contributed by atoms with Gasteiger partial charge in [-0.1, -0.05) is 35.4 Å². The molecule has 0 aliphatic rings. The molecular formula is C14H26OS2. The van der Waals surface area contributed by atoms with Crippen molar-refractivity contribution in [2.75, 3.05) is 19.5 Å². The van der Waals surface area contributed by atoms with E-state index in [0.717, 1.165) is 31.6 Å². The first kappa shape index (κ1) is 17.2. The van der Waals surface area contributed by atoms with E-state index in [4.69, 9.17) is 11.2 Å². The number of hydrogen-bond donors (Lipinski definition) is 0. The number of terminal acetylenes is 1. The highest BCUT2D eigenvalue weighted by molar-refractivity contribution is 8.77. The standard InChI is InChI=1S/C14H26OS2/c1-7-13(4,8-2)12-14(5,9-3)17-16-11-10-15-6/h1H,8-12H2,2-6H3. The molecular weight excluding hydrogens is 248 g/mol. The highest BCUT2D eigenvalue weighted by Crippen LogP contribution is 2.46. The fraction of sp³-hybridized carbons (Fsp3) is 0.857. The van der Waals surface area contributed by atoms with Crippen LogP contribution in [0.2, 0.25) is 0 Å². The van der Waals surface area contributed by atoms with Crippen LogP contribution < -0.4 is 0 Å². The Hall–Kier alpha value is 0.220. The summed E-state index contributed by atoms with van der Waals surface area (Å²) >= 11 is 0. The summed E-state index contributed by atoms with van der Waals surface area (Å²) in [5.41, 5.74) is 0.0274. The second-order valence-electron chi connectivity index (χ2n) is 4.94. The molecule has 0 N–H and O–H groups in total. The van der Waals surface area contributed by atoms with Crippen molar-refractivity contribution >= 4 is 21.6 Å². The molecule has 17 heavy (non-hydrogen) atoms. The summed E-state index contributed by atoms with van der Waals surface area (Å²) in [7, 11) is 5.60. The van der Waals surface area contributed by atoms with Crippen molar-refractivity contribution in [3.8, 4) is 12.3 Å². The molecule has 0 bridgehead atoms. The SMILES string of the molecule is C#CC(C)(CC)CC(C)(CC)SSCCOC. The van der Waals surface area contributed by atoms with Gasteiger partial charge in [0.1, 0.15) is 0 Å². The largest absolute Gasteiger partial charge is 0.384 e. The molecule has 2 atom stereocenters. The third-order valence-corrected chi connectivity index (χ3v) is 6.62. The van der Waals surface area contributed by atoms with Gasteiger partial charge < -0.3 is 4.74 Å². The predicted molar refractivity (Wildman–Crippen MR) is 82.5 cm³/mol. The Morgan fingerprint density at radius 1 is 1.24 bits per heavy atom. The van der Waals surface area contributed by atoms with Crippen molar-refractivity contribution in [3.63, 3.8) is 0 Å². The molecule has 0 aromatic rings. The van der Waals surface area contributed by atoms with Crippen LogP contribution in [-0.2, 0) is 4.74 Å². The molecule has 0 radical (unpaired) electrons. The van der Waals surface area contributed by atoms with Crippen LogP contribution in [0, 0.1) is 17.8 Å². The van der Waals surface area contributed by atoms with Gasteiger partial charge in [0.05, 0.1) is 6.61 Å². The molecule has 0 aromatic heterocycles. The van der Waals surface area contributed by atoms with Gasteiger partial charge in [-0.2, -0.15) is 0 Å². The summed E-state index contributed by atoms with van der Waals surface area (Å²) in [6.07, 6.45) is 8.94. The molecule has 0 heterocycles. The first-order chi connectivity index (χ1) is 7.95. The monoisotopic (exact) mass is 274 g/mol. The normalized spacial score (nSPS) is 18.1. The van der Waals surface area contributed by atoms with E-state index in [0.29, 0.717) is 0 Å². The summed E-state index contributed by atoms with van der Waals surface area (Å²) in [6, 6.07) is 0. The molecule has 0 saturated carbocycles. The van der Waals surface area contributed by atoms with E-state index in [-0.39, 0.29) is 10.2 Å². The van der Waals surface area contributed by atoms with E-state index in [9.17, 15) is 0 Å². The molecule has 1 nitrogen and oxygen atoms in total. The van der Waals surface area contributed by atoms with Gasteiger partial charge in [0.2, 0.25) is 0 Å². The molecule has 0 spiro atoms. The molecule has 3 heteroatoms. The third-order valence-electron chi connectivity index (χ3n) is 3.27. The van der Waals surface area contributed by atoms with Crippen LogP contribution in [-0.4, -0.2) is 24.2 Å². The van der Waals surface area contributed by atoms with Gasteiger partial charge in [-0.3, -0.25) is 0 Å². The van der Waals surface area contributed by atoms with Gasteiger partial charge >= 0.3 is 0 Å². The third kappa shape index (κ3) is 6.64. The Bertz CT molecular complexity index is 249. The van der Waals surface area contributed by atoms with Crippen molar-refractivity contribution < 1.29 is 4.74 Å². The highest BCUT2D eigenvalue weighted by Gasteiger charge is 2.32. The maximum absolute atomic E-state index is 5.67. The zero-order valence-electron chi connectivity index (χ0n) is 11.8. The van der Waals surface area contributed by atoms with E-state index in [1.54, 1.807) is 7.11 Å². The summed E-state index contributed by atoms with van der Waals surface area (Å²) in [5, 5.41) is 0. The van der Waals surface area contributed by atoms with Gasteiger partial charge in [0, 0.05) is 23.0 Å². The molecule has 0 aromatic carbocycles. The molecule has 0 aliphatic heterocycles. The summed E-state index contributed by atoms with van der Waals surface area (Å²) < 4.78 is 5.33. The Morgan fingerprint density at radius 3 is 2.29 bits per heavy atom. The van der Waals surface area contributed by atoms with E-state index in [1.165, 1.54) is 0 Å². The lowest BCUT2D eigenvalue weighted by atomic mass is 9.79. The lowest BCUT2D eigenvalue weighted by molar-refractivity contribution is 0.219. The molecule has 0 amide bonds. The lowest BCUT2D eigenvalue weighted by Crippen LogP contribution is -2.28. The number of hydrogen-bond acceptors (Lipinski definition) is 3. The molecule has 0 saturated heterocycles. The minimum atomic E-state index is 0.0274. The van der Waals surface area contributed by atoms with E-state index < -0.39 is 0 Å². The van der Waals surface area contributed by atoms with Crippen molar-refractivity contribution in [2.24, 2.45) is 5.41 Å². The number of methoxy groups -OCH3 is 1. The van der Waals surface area contributed by atoms with Gasteiger partial charge in [0.15, 0.2) is 0 Å². The Labute approximate surface area is 115 Å². The number of rotatable bonds is 9. The topological polar surface area (TPSA) is 9.23 Å². The minimum Gasteiger partial charge on any atom is -0.384 e. The minimum absolute atomic E-state index is 0.0274. The maximum atomic E-state index is 5.67. The summed E-state index contributed by atoms with van der Waals surface area (Å²) in [4.78, 5) is 0. The zero-order valence-corrected chi connectivity index (χ0v) is 13.5. The van der Waals surface area contributed by atoms with Crippen LogP contribution in [0.15, 0.2) is 0 Å². The van der Waals surface area contributed by atoms with Crippen molar-refractivity contribution in [1.29, 1.82) is 0 Å². The van der Waals surface area contributed by atoms with Crippen LogP contribution in [0.5, 0.6) is 0 Å². The maximum Gasteiger partial charge on any atom is 0.0561 e. The predicted octanol–water partition coefficient (Wildman–Crippen LogP) is 4.62. The van der Waals surface area contributed by atoms with Crippen LogP contribution in [0.1, 0.15) is 47.0 Å². The average molecular weight is 274 g/mol. The Morgan fingerprint density at radius 2 is 1.88 bits per heavy atom. The Balaban J connectivity index is 4.32. The molecule has 0 fully saturated rings. The van der Waals surface area contributed by atoms with E-state index in [1.807, 2.05) is 21.6 Å². The fourth-order valence-corrected chi connectivity index (χ4v) is 4.55. The number of ether oxygens (including phenoxy) is 1. The quantitative estimate of drug-likeness (QED) is 0.345. The molecule has 100 valence electrons. The van der Waals surface area contributed by atoms with Crippen LogP contribution >= 0.6 is 21.6 Å². The van der Waals surface area contributed by atoms with Gasteiger partial charge in [-0.15, -0.1) is 12.3 Å². The summed E-state index contributed by atoms with van der Waals surface area (Å²) in [5.74, 6) is 4.01. The average Bonchev–Trinajstić information content (AvgIpc) is 2.34. The van der Waals surface area contributed by atoms with Crippen LogP contribution in [0.3, 0.4) is 0 Å². The molecule has 2 unspecified atom stereocenters. The van der Waals surface area contributed by atoms with Gasteiger partial charge in [-0.05, 0) is 33.1 Å². The molecule has 0 rings (SSSR count).